The molecule has 0 saturated carbocycles. The van der Waals surface area contributed by atoms with E-state index in [9.17, 15) is 5.11 Å². The minimum atomic E-state index is -0.100. The molecule has 0 bridgehead atoms. The maximum absolute atomic E-state index is 9.60. The third kappa shape index (κ3) is 3.66. The van der Waals surface area contributed by atoms with Crippen molar-refractivity contribution >= 4 is 24.0 Å². The molecule has 0 saturated heterocycles. The highest BCUT2D eigenvalue weighted by Crippen LogP contribution is 2.37. The van der Waals surface area contributed by atoms with E-state index in [0.717, 1.165) is 12.0 Å². The van der Waals surface area contributed by atoms with Crippen LogP contribution in [0.3, 0.4) is 0 Å². The molecule has 0 heterocycles. The Morgan fingerprint density at radius 1 is 1.47 bits per heavy atom. The molecule has 1 aromatic carbocycles. The third-order valence-corrected chi connectivity index (χ3v) is 3.20. The number of nitrogens with two attached hydrogens (primary N) is 1. The van der Waals surface area contributed by atoms with Crippen molar-refractivity contribution in [3.05, 3.63) is 22.7 Å². The first-order valence-corrected chi connectivity index (χ1v) is 5.71. The fraction of sp³-hybridized carbons (Fsp3) is 0.500. The van der Waals surface area contributed by atoms with E-state index in [2.05, 4.69) is 13.8 Å². The van der Waals surface area contributed by atoms with Crippen molar-refractivity contribution in [3.8, 4) is 11.5 Å². The summed E-state index contributed by atoms with van der Waals surface area (Å²) >= 11 is 5.90. The van der Waals surface area contributed by atoms with Crippen LogP contribution in [0.1, 0.15) is 31.9 Å². The fourth-order valence-corrected chi connectivity index (χ4v) is 1.74. The molecular formula is C12H19Cl2NO2. The second-order valence-electron chi connectivity index (χ2n) is 3.96. The van der Waals surface area contributed by atoms with Gasteiger partial charge in [0, 0.05) is 6.04 Å². The van der Waals surface area contributed by atoms with Gasteiger partial charge in [-0.1, -0.05) is 31.9 Å². The van der Waals surface area contributed by atoms with Gasteiger partial charge in [-0.15, -0.1) is 12.4 Å². The molecule has 0 aliphatic rings. The molecule has 98 valence electrons. The molecule has 3 N–H and O–H groups in total. The van der Waals surface area contributed by atoms with Gasteiger partial charge in [0.05, 0.1) is 12.1 Å². The second-order valence-corrected chi connectivity index (χ2v) is 4.37. The van der Waals surface area contributed by atoms with Gasteiger partial charge in [0.15, 0.2) is 11.5 Å². The first-order chi connectivity index (χ1) is 7.51. The second kappa shape index (κ2) is 6.94. The van der Waals surface area contributed by atoms with Crippen LogP contribution in [0.4, 0.5) is 0 Å². The highest BCUT2D eigenvalue weighted by molar-refractivity contribution is 6.32. The largest absolute Gasteiger partial charge is 0.503 e. The predicted molar refractivity (Wildman–Crippen MR) is 73.3 cm³/mol. The van der Waals surface area contributed by atoms with Gasteiger partial charge in [-0.25, -0.2) is 0 Å². The van der Waals surface area contributed by atoms with Gasteiger partial charge in [0.2, 0.25) is 0 Å². The van der Waals surface area contributed by atoms with E-state index in [0.29, 0.717) is 11.7 Å². The molecular weight excluding hydrogens is 261 g/mol. The number of halogens is 2. The molecule has 2 atom stereocenters. The van der Waals surface area contributed by atoms with E-state index in [4.69, 9.17) is 22.1 Å². The number of phenols is 1. The lowest BCUT2D eigenvalue weighted by Crippen LogP contribution is -2.18. The molecule has 1 unspecified atom stereocenters. The summed E-state index contributed by atoms with van der Waals surface area (Å²) in [7, 11) is 1.49. The summed E-state index contributed by atoms with van der Waals surface area (Å²) in [4.78, 5) is 0. The minimum absolute atomic E-state index is 0. The number of phenolic OH excluding ortho intramolecular Hbond substituents is 1. The number of hydrogen-bond acceptors (Lipinski definition) is 3. The van der Waals surface area contributed by atoms with Crippen molar-refractivity contribution in [1.29, 1.82) is 0 Å². The van der Waals surface area contributed by atoms with Crippen molar-refractivity contribution in [3.63, 3.8) is 0 Å². The van der Waals surface area contributed by atoms with Gasteiger partial charge < -0.3 is 15.6 Å². The summed E-state index contributed by atoms with van der Waals surface area (Å²) in [6.45, 7) is 4.17. The topological polar surface area (TPSA) is 55.5 Å². The van der Waals surface area contributed by atoms with Crippen molar-refractivity contribution in [2.24, 2.45) is 11.7 Å². The van der Waals surface area contributed by atoms with Crippen molar-refractivity contribution in [1.82, 2.24) is 0 Å². The van der Waals surface area contributed by atoms with Crippen LogP contribution in [0.15, 0.2) is 12.1 Å². The number of benzene rings is 1. The molecule has 0 aromatic heterocycles. The Bertz CT molecular complexity index is 372. The zero-order chi connectivity index (χ0) is 12.3. The number of rotatable bonds is 4. The highest BCUT2D eigenvalue weighted by atomic mass is 35.5. The molecule has 17 heavy (non-hydrogen) atoms. The zero-order valence-corrected chi connectivity index (χ0v) is 11.8. The Kier molecular flexibility index (Phi) is 6.68. The van der Waals surface area contributed by atoms with Gasteiger partial charge in [-0.3, -0.25) is 0 Å². The van der Waals surface area contributed by atoms with E-state index < -0.39 is 0 Å². The standard InChI is InChI=1S/C12H18ClNO2.ClH/c1-4-7(2)11(14)8-5-9(13)12(15)10(6-8)16-3;/h5-7,11,15H,4,14H2,1-3H3;1H/t7?,11-;/m0./s1. The first kappa shape index (κ1) is 16.4. The van der Waals surface area contributed by atoms with Gasteiger partial charge in [0.25, 0.3) is 0 Å². The Morgan fingerprint density at radius 3 is 2.53 bits per heavy atom. The van der Waals surface area contributed by atoms with E-state index >= 15 is 0 Å². The zero-order valence-electron chi connectivity index (χ0n) is 10.2. The molecule has 0 amide bonds. The molecule has 0 aliphatic carbocycles. The van der Waals surface area contributed by atoms with Crippen molar-refractivity contribution in [2.45, 2.75) is 26.3 Å². The predicted octanol–water partition coefficient (Wildman–Crippen LogP) is 3.52. The molecule has 1 aromatic rings. The SMILES string of the molecule is CCC(C)[C@H](N)c1cc(Cl)c(O)c(OC)c1.Cl. The van der Waals surface area contributed by atoms with Crippen LogP contribution in [0, 0.1) is 5.92 Å². The van der Waals surface area contributed by atoms with Crippen LogP contribution in [-0.4, -0.2) is 12.2 Å². The van der Waals surface area contributed by atoms with Crippen LogP contribution in [0.5, 0.6) is 11.5 Å². The molecule has 3 nitrogen and oxygen atoms in total. The average molecular weight is 280 g/mol. The summed E-state index contributed by atoms with van der Waals surface area (Å²) in [5.74, 6) is 0.677. The number of aromatic hydroxyl groups is 1. The van der Waals surface area contributed by atoms with E-state index in [1.807, 2.05) is 0 Å². The molecule has 0 spiro atoms. The first-order valence-electron chi connectivity index (χ1n) is 5.33. The summed E-state index contributed by atoms with van der Waals surface area (Å²) < 4.78 is 5.04. The summed E-state index contributed by atoms with van der Waals surface area (Å²) in [6.07, 6.45) is 0.988. The van der Waals surface area contributed by atoms with Crippen LogP contribution < -0.4 is 10.5 Å². The lowest BCUT2D eigenvalue weighted by atomic mass is 9.93. The maximum Gasteiger partial charge on any atom is 0.176 e. The normalized spacial score (nSPS) is 13.7. The fourth-order valence-electron chi connectivity index (χ4n) is 1.52. The summed E-state index contributed by atoms with van der Waals surface area (Å²) in [5.41, 5.74) is 6.98. The molecule has 0 aliphatic heterocycles. The van der Waals surface area contributed by atoms with Crippen LogP contribution >= 0.6 is 24.0 Å². The molecule has 0 radical (unpaired) electrons. The Labute approximate surface area is 113 Å². The maximum atomic E-state index is 9.60. The third-order valence-electron chi connectivity index (χ3n) is 2.91. The van der Waals surface area contributed by atoms with Gasteiger partial charge >= 0.3 is 0 Å². The smallest absolute Gasteiger partial charge is 0.176 e. The van der Waals surface area contributed by atoms with E-state index in [1.165, 1.54) is 7.11 Å². The highest BCUT2D eigenvalue weighted by Gasteiger charge is 2.17. The molecule has 5 heteroatoms. The summed E-state index contributed by atoms with van der Waals surface area (Å²) in [5, 5.41) is 9.87. The Balaban J connectivity index is 0.00000256. The van der Waals surface area contributed by atoms with Crippen LogP contribution in [-0.2, 0) is 0 Å². The summed E-state index contributed by atoms with van der Waals surface area (Å²) in [6, 6.07) is 3.32. The van der Waals surface area contributed by atoms with Crippen molar-refractivity contribution in [2.75, 3.05) is 7.11 Å². The van der Waals surface area contributed by atoms with Gasteiger partial charge in [0.1, 0.15) is 0 Å². The van der Waals surface area contributed by atoms with Crippen LogP contribution in [0.2, 0.25) is 5.02 Å². The van der Waals surface area contributed by atoms with Gasteiger partial charge in [-0.2, -0.15) is 0 Å². The lowest BCUT2D eigenvalue weighted by molar-refractivity contribution is 0.371. The Morgan fingerprint density at radius 2 is 2.06 bits per heavy atom. The van der Waals surface area contributed by atoms with Crippen molar-refractivity contribution < 1.29 is 9.84 Å². The Hall–Kier alpha value is -0.640. The monoisotopic (exact) mass is 279 g/mol. The van der Waals surface area contributed by atoms with E-state index in [-0.39, 0.29) is 29.2 Å². The minimum Gasteiger partial charge on any atom is -0.503 e. The average Bonchev–Trinajstić information content (AvgIpc) is 2.30. The number of methoxy groups -OCH3 is 1. The van der Waals surface area contributed by atoms with Crippen LogP contribution in [0.25, 0.3) is 0 Å². The number of ether oxygens (including phenoxy) is 1. The number of hydrogen-bond donors (Lipinski definition) is 2. The van der Waals surface area contributed by atoms with Gasteiger partial charge in [-0.05, 0) is 23.6 Å². The quantitative estimate of drug-likeness (QED) is 0.887. The molecule has 0 fully saturated rings. The van der Waals surface area contributed by atoms with E-state index in [1.54, 1.807) is 12.1 Å². The molecule has 1 rings (SSSR count). The lowest BCUT2D eigenvalue weighted by Gasteiger charge is -2.20.